The summed E-state index contributed by atoms with van der Waals surface area (Å²) < 4.78 is 7.55. The van der Waals surface area contributed by atoms with Gasteiger partial charge in [-0.1, -0.05) is 25.1 Å². The van der Waals surface area contributed by atoms with Crippen molar-refractivity contribution in [3.05, 3.63) is 57.0 Å². The summed E-state index contributed by atoms with van der Waals surface area (Å²) in [6.45, 7) is 2.79. The molecular formula is C16H15Br2NO. The van der Waals surface area contributed by atoms with Crippen LogP contribution < -0.4 is 4.74 Å². The first kappa shape index (κ1) is 15.3. The second-order valence-electron chi connectivity index (χ2n) is 4.26. The maximum atomic E-state index is 5.70. The summed E-state index contributed by atoms with van der Waals surface area (Å²) in [5.41, 5.74) is 1.95. The second-order valence-corrected chi connectivity index (χ2v) is 5.96. The van der Waals surface area contributed by atoms with Crippen molar-refractivity contribution in [3.8, 4) is 5.75 Å². The number of para-hydroxylation sites is 1. The van der Waals surface area contributed by atoms with E-state index in [4.69, 9.17) is 4.74 Å². The van der Waals surface area contributed by atoms with Crippen LogP contribution in [0.25, 0.3) is 0 Å². The van der Waals surface area contributed by atoms with Crippen molar-refractivity contribution < 1.29 is 4.74 Å². The van der Waals surface area contributed by atoms with E-state index in [-0.39, 0.29) is 0 Å². The summed E-state index contributed by atoms with van der Waals surface area (Å²) in [5.74, 6) is 0.837. The van der Waals surface area contributed by atoms with Gasteiger partial charge in [0.2, 0.25) is 0 Å². The molecule has 0 heterocycles. The van der Waals surface area contributed by atoms with Crippen LogP contribution in [0.15, 0.2) is 56.4 Å². The minimum absolute atomic E-state index is 0.703. The van der Waals surface area contributed by atoms with Crippen LogP contribution in [0, 0.1) is 0 Å². The molecule has 0 saturated carbocycles. The van der Waals surface area contributed by atoms with E-state index in [1.807, 2.05) is 48.7 Å². The van der Waals surface area contributed by atoms with Crippen LogP contribution in [-0.4, -0.2) is 12.8 Å². The molecule has 0 radical (unpaired) electrons. The van der Waals surface area contributed by atoms with Crippen molar-refractivity contribution in [3.63, 3.8) is 0 Å². The number of benzene rings is 2. The lowest BCUT2D eigenvalue weighted by Gasteiger charge is -2.10. The fourth-order valence-electron chi connectivity index (χ4n) is 1.66. The van der Waals surface area contributed by atoms with E-state index in [2.05, 4.69) is 43.8 Å². The molecule has 0 bridgehead atoms. The Hall–Kier alpha value is -1.13. The molecule has 0 amide bonds. The molecule has 0 aliphatic carbocycles. The Kier molecular flexibility index (Phi) is 5.80. The van der Waals surface area contributed by atoms with Crippen molar-refractivity contribution in [2.45, 2.75) is 13.3 Å². The Morgan fingerprint density at radius 1 is 1.10 bits per heavy atom. The van der Waals surface area contributed by atoms with Crippen molar-refractivity contribution in [2.75, 3.05) is 6.61 Å². The number of nitrogens with zero attached hydrogens (tertiary/aromatic N) is 1. The van der Waals surface area contributed by atoms with Crippen LogP contribution >= 0.6 is 31.9 Å². The number of hydrogen-bond donors (Lipinski definition) is 0. The quantitative estimate of drug-likeness (QED) is 0.589. The molecule has 0 fully saturated rings. The molecular weight excluding hydrogens is 382 g/mol. The van der Waals surface area contributed by atoms with Gasteiger partial charge in [0.1, 0.15) is 5.75 Å². The molecule has 4 heteroatoms. The largest absolute Gasteiger partial charge is 0.491 e. The minimum Gasteiger partial charge on any atom is -0.491 e. The van der Waals surface area contributed by atoms with E-state index in [1.54, 1.807) is 0 Å². The van der Waals surface area contributed by atoms with Crippen molar-refractivity contribution in [2.24, 2.45) is 4.99 Å². The fraction of sp³-hybridized carbons (Fsp3) is 0.188. The molecule has 20 heavy (non-hydrogen) atoms. The van der Waals surface area contributed by atoms with Crippen LogP contribution in [0.4, 0.5) is 5.69 Å². The van der Waals surface area contributed by atoms with Gasteiger partial charge >= 0.3 is 0 Å². The highest BCUT2D eigenvalue weighted by molar-refractivity contribution is 9.11. The Labute approximate surface area is 136 Å². The Morgan fingerprint density at radius 3 is 2.35 bits per heavy atom. The Balaban J connectivity index is 2.20. The van der Waals surface area contributed by atoms with E-state index < -0.39 is 0 Å². The number of rotatable bonds is 5. The van der Waals surface area contributed by atoms with E-state index in [0.717, 1.165) is 32.4 Å². The van der Waals surface area contributed by atoms with Gasteiger partial charge in [0.25, 0.3) is 0 Å². The summed E-state index contributed by atoms with van der Waals surface area (Å²) >= 11 is 7.08. The maximum absolute atomic E-state index is 5.70. The molecule has 0 aliphatic heterocycles. The third-order valence-corrected chi connectivity index (χ3v) is 3.77. The predicted octanol–water partition coefficient (Wildman–Crippen LogP) is 5.75. The highest BCUT2D eigenvalue weighted by atomic mass is 79.9. The van der Waals surface area contributed by atoms with Crippen LogP contribution in [-0.2, 0) is 0 Å². The molecule has 0 unspecified atom stereocenters. The molecule has 0 spiro atoms. The molecule has 2 aromatic carbocycles. The van der Waals surface area contributed by atoms with E-state index >= 15 is 0 Å². The summed E-state index contributed by atoms with van der Waals surface area (Å²) in [6, 6.07) is 13.9. The first-order valence-electron chi connectivity index (χ1n) is 6.41. The van der Waals surface area contributed by atoms with Gasteiger partial charge in [0.05, 0.1) is 21.2 Å². The summed E-state index contributed by atoms with van der Waals surface area (Å²) in [5, 5.41) is 0. The third kappa shape index (κ3) is 4.18. The summed E-state index contributed by atoms with van der Waals surface area (Å²) in [6.07, 6.45) is 2.82. The molecule has 2 rings (SSSR count). The second kappa shape index (κ2) is 7.60. The highest BCUT2D eigenvalue weighted by Gasteiger charge is 2.07. The molecule has 2 aromatic rings. The van der Waals surface area contributed by atoms with Gasteiger partial charge in [-0.25, -0.2) is 0 Å². The van der Waals surface area contributed by atoms with Gasteiger partial charge in [-0.3, -0.25) is 4.99 Å². The van der Waals surface area contributed by atoms with Crippen molar-refractivity contribution in [1.29, 1.82) is 0 Å². The lowest BCUT2D eigenvalue weighted by Crippen LogP contribution is -1.97. The maximum Gasteiger partial charge on any atom is 0.147 e. The molecule has 0 aromatic heterocycles. The lowest BCUT2D eigenvalue weighted by molar-refractivity contribution is 0.313. The zero-order valence-electron chi connectivity index (χ0n) is 11.1. The van der Waals surface area contributed by atoms with E-state index in [1.165, 1.54) is 0 Å². The van der Waals surface area contributed by atoms with Gasteiger partial charge in [0, 0.05) is 6.21 Å². The Morgan fingerprint density at radius 2 is 1.75 bits per heavy atom. The van der Waals surface area contributed by atoms with Crippen molar-refractivity contribution in [1.82, 2.24) is 0 Å². The smallest absolute Gasteiger partial charge is 0.147 e. The van der Waals surface area contributed by atoms with E-state index in [9.17, 15) is 0 Å². The lowest BCUT2D eigenvalue weighted by atomic mass is 10.2. The van der Waals surface area contributed by atoms with Crippen LogP contribution in [0.5, 0.6) is 5.75 Å². The normalized spacial score (nSPS) is 10.9. The molecule has 2 nitrogen and oxygen atoms in total. The predicted molar refractivity (Wildman–Crippen MR) is 91.3 cm³/mol. The number of aliphatic imine (C=N–C) groups is 1. The van der Waals surface area contributed by atoms with Gasteiger partial charge in [-0.2, -0.15) is 0 Å². The zero-order chi connectivity index (χ0) is 14.4. The zero-order valence-corrected chi connectivity index (χ0v) is 14.3. The standard InChI is InChI=1S/C16H15Br2NO/c1-2-8-20-16-14(17)9-12(10-15(16)18)11-19-13-6-4-3-5-7-13/h3-7,9-11H,2,8H2,1H3. The third-order valence-electron chi connectivity index (χ3n) is 2.59. The van der Waals surface area contributed by atoms with Gasteiger partial charge in [0.15, 0.2) is 0 Å². The van der Waals surface area contributed by atoms with Crippen LogP contribution in [0.1, 0.15) is 18.9 Å². The summed E-state index contributed by atoms with van der Waals surface area (Å²) in [4.78, 5) is 4.44. The monoisotopic (exact) mass is 395 g/mol. The molecule has 0 aliphatic rings. The first-order chi connectivity index (χ1) is 9.70. The van der Waals surface area contributed by atoms with Crippen molar-refractivity contribution >= 4 is 43.8 Å². The van der Waals surface area contributed by atoms with Gasteiger partial charge in [-0.05, 0) is 68.1 Å². The number of hydrogen-bond acceptors (Lipinski definition) is 2. The molecule has 104 valence electrons. The number of halogens is 2. The fourth-order valence-corrected chi connectivity index (χ4v) is 3.11. The minimum atomic E-state index is 0.703. The highest BCUT2D eigenvalue weighted by Crippen LogP contribution is 2.34. The number of ether oxygens (including phenoxy) is 1. The summed E-state index contributed by atoms with van der Waals surface area (Å²) in [7, 11) is 0. The van der Waals surface area contributed by atoms with Crippen LogP contribution in [0.3, 0.4) is 0 Å². The van der Waals surface area contributed by atoms with Crippen LogP contribution in [0.2, 0.25) is 0 Å². The Bertz CT molecular complexity index is 574. The molecule has 0 saturated heterocycles. The average molecular weight is 397 g/mol. The van der Waals surface area contributed by atoms with Gasteiger partial charge in [-0.15, -0.1) is 0 Å². The SMILES string of the molecule is CCCOc1c(Br)cc(C=Nc2ccccc2)cc1Br. The topological polar surface area (TPSA) is 21.6 Å². The van der Waals surface area contributed by atoms with E-state index in [0.29, 0.717) is 6.61 Å². The molecule has 0 N–H and O–H groups in total. The molecule has 0 atom stereocenters. The van der Waals surface area contributed by atoms with Gasteiger partial charge < -0.3 is 4.74 Å². The average Bonchev–Trinajstić information content (AvgIpc) is 2.45. The first-order valence-corrected chi connectivity index (χ1v) is 8.00.